The Labute approximate surface area is 59.0 Å². The normalized spacial score (nSPS) is 16.8. The fraction of sp³-hybridized carbons (Fsp3) is 1.00. The van der Waals surface area contributed by atoms with Crippen LogP contribution < -0.4 is 0 Å². The number of nitrogens with zero attached hydrogens (tertiary/aromatic N) is 1. The van der Waals surface area contributed by atoms with Crippen LogP contribution in [0.4, 0.5) is 0 Å². The Morgan fingerprint density at radius 3 is 2.11 bits per heavy atom. The molecule has 0 aliphatic carbocycles. The third-order valence-electron chi connectivity index (χ3n) is 1.38. The van der Waals surface area contributed by atoms with Crippen molar-refractivity contribution in [3.8, 4) is 0 Å². The minimum absolute atomic E-state index is 0.111. The molecule has 2 unspecified atom stereocenters. The highest BCUT2D eigenvalue weighted by atomic mass is 32.2. The van der Waals surface area contributed by atoms with Crippen molar-refractivity contribution in [1.29, 1.82) is 0 Å². The van der Waals surface area contributed by atoms with Crippen molar-refractivity contribution in [1.82, 2.24) is 0 Å². The quantitative estimate of drug-likeness (QED) is 0.450. The predicted molar refractivity (Wildman–Crippen MR) is 39.4 cm³/mol. The first kappa shape index (κ1) is 8.75. The van der Waals surface area contributed by atoms with Gasteiger partial charge in [-0.25, -0.2) is 0 Å². The molecule has 0 aliphatic rings. The third kappa shape index (κ3) is 2.70. The van der Waals surface area contributed by atoms with Crippen molar-refractivity contribution < 1.29 is 4.92 Å². The van der Waals surface area contributed by atoms with Gasteiger partial charge in [0.1, 0.15) is 0 Å². The zero-order chi connectivity index (χ0) is 7.44. The van der Waals surface area contributed by atoms with Gasteiger partial charge in [0, 0.05) is 11.8 Å². The van der Waals surface area contributed by atoms with E-state index < -0.39 is 6.04 Å². The fourth-order valence-corrected chi connectivity index (χ4v) is 0.862. The molecule has 0 radical (unpaired) electrons. The van der Waals surface area contributed by atoms with E-state index in [1.165, 1.54) is 11.8 Å². The van der Waals surface area contributed by atoms with Gasteiger partial charge in [-0.3, -0.25) is 10.1 Å². The predicted octanol–water partition coefficient (Wildman–Crippen LogP) is 1.40. The van der Waals surface area contributed by atoms with E-state index in [1.54, 1.807) is 6.92 Å². The van der Waals surface area contributed by atoms with Crippen LogP contribution in [0, 0.1) is 10.1 Å². The van der Waals surface area contributed by atoms with Crippen molar-refractivity contribution in [2.75, 3.05) is 6.26 Å². The molecule has 54 valence electrons. The molecule has 0 spiro atoms. The molecule has 0 amide bonds. The van der Waals surface area contributed by atoms with Crippen molar-refractivity contribution in [3.63, 3.8) is 0 Å². The molecule has 0 saturated heterocycles. The second kappa shape index (κ2) is 3.71. The monoisotopic (exact) mass is 149 g/mol. The minimum Gasteiger partial charge on any atom is -0.264 e. The summed E-state index contributed by atoms with van der Waals surface area (Å²) in [5.74, 6) is 0. The van der Waals surface area contributed by atoms with Gasteiger partial charge in [-0.1, -0.05) is 0 Å². The first-order valence-electron chi connectivity index (χ1n) is 2.76. The van der Waals surface area contributed by atoms with E-state index in [0.717, 1.165) is 0 Å². The highest BCUT2D eigenvalue weighted by molar-refractivity contribution is 7.99. The highest BCUT2D eigenvalue weighted by Crippen LogP contribution is 2.11. The summed E-state index contributed by atoms with van der Waals surface area (Å²) in [6.45, 7) is 3.49. The van der Waals surface area contributed by atoms with Gasteiger partial charge in [-0.15, -0.1) is 0 Å². The van der Waals surface area contributed by atoms with Gasteiger partial charge in [-0.2, -0.15) is 11.8 Å². The molecule has 0 N–H and O–H groups in total. The summed E-state index contributed by atoms with van der Waals surface area (Å²) in [5.41, 5.74) is 0. The van der Waals surface area contributed by atoms with Gasteiger partial charge in [0.2, 0.25) is 6.04 Å². The summed E-state index contributed by atoms with van der Waals surface area (Å²) in [7, 11) is 0. The van der Waals surface area contributed by atoms with Crippen molar-refractivity contribution in [2.24, 2.45) is 0 Å². The summed E-state index contributed by atoms with van der Waals surface area (Å²) in [6, 6.07) is -0.431. The molecule has 0 aromatic rings. The standard InChI is InChI=1S/C5H11NO2S/c1-4(6(7)8)5(2)9-3/h4-5H,1-3H3. The maximum absolute atomic E-state index is 10.1. The zero-order valence-corrected chi connectivity index (χ0v) is 6.64. The van der Waals surface area contributed by atoms with Gasteiger partial charge in [-0.05, 0) is 13.2 Å². The summed E-state index contributed by atoms with van der Waals surface area (Å²) >= 11 is 1.52. The molecule has 9 heavy (non-hydrogen) atoms. The maximum Gasteiger partial charge on any atom is 0.221 e. The summed E-state index contributed by atoms with van der Waals surface area (Å²) in [4.78, 5) is 9.84. The van der Waals surface area contributed by atoms with Crippen LogP contribution >= 0.6 is 11.8 Å². The molecule has 0 bridgehead atoms. The Hall–Kier alpha value is -0.250. The third-order valence-corrected chi connectivity index (χ3v) is 2.52. The van der Waals surface area contributed by atoms with Crippen molar-refractivity contribution in [3.05, 3.63) is 10.1 Å². The Balaban J connectivity index is 3.72. The maximum atomic E-state index is 10.1. The van der Waals surface area contributed by atoms with E-state index >= 15 is 0 Å². The molecule has 0 aromatic carbocycles. The van der Waals surface area contributed by atoms with Crippen molar-refractivity contribution in [2.45, 2.75) is 25.1 Å². The number of hydrogen-bond donors (Lipinski definition) is 0. The van der Waals surface area contributed by atoms with Gasteiger partial charge >= 0.3 is 0 Å². The lowest BCUT2D eigenvalue weighted by atomic mass is 10.3. The van der Waals surface area contributed by atoms with Crippen LogP contribution in [0.1, 0.15) is 13.8 Å². The average Bonchev–Trinajstić information content (AvgIpc) is 1.84. The molecular formula is C5H11NO2S. The van der Waals surface area contributed by atoms with Crippen LogP contribution in [0.3, 0.4) is 0 Å². The Morgan fingerprint density at radius 1 is 1.56 bits per heavy atom. The lowest BCUT2D eigenvalue weighted by Gasteiger charge is -2.08. The molecular weight excluding hydrogens is 138 g/mol. The fourth-order valence-electron chi connectivity index (χ4n) is 0.368. The van der Waals surface area contributed by atoms with Crippen LogP contribution in [-0.4, -0.2) is 22.5 Å². The van der Waals surface area contributed by atoms with Crippen LogP contribution in [-0.2, 0) is 0 Å². The number of hydrogen-bond acceptors (Lipinski definition) is 3. The van der Waals surface area contributed by atoms with Crippen LogP contribution in [0.2, 0.25) is 0 Å². The van der Waals surface area contributed by atoms with Crippen LogP contribution in [0.5, 0.6) is 0 Å². The van der Waals surface area contributed by atoms with Gasteiger partial charge in [0.15, 0.2) is 0 Å². The second-order valence-corrected chi connectivity index (χ2v) is 3.18. The molecule has 4 heteroatoms. The summed E-state index contributed by atoms with van der Waals surface area (Å²) in [6.07, 6.45) is 1.88. The molecule has 0 heterocycles. The first-order chi connectivity index (χ1) is 4.09. The first-order valence-corrected chi connectivity index (χ1v) is 4.04. The molecule has 3 nitrogen and oxygen atoms in total. The van der Waals surface area contributed by atoms with Gasteiger partial charge < -0.3 is 0 Å². The molecule has 0 saturated carbocycles. The van der Waals surface area contributed by atoms with E-state index in [1.807, 2.05) is 13.2 Å². The Bertz CT molecular complexity index is 107. The Morgan fingerprint density at radius 2 is 2.00 bits per heavy atom. The van der Waals surface area contributed by atoms with Crippen LogP contribution in [0.25, 0.3) is 0 Å². The Kier molecular flexibility index (Phi) is 3.61. The van der Waals surface area contributed by atoms with E-state index in [9.17, 15) is 10.1 Å². The number of rotatable bonds is 3. The second-order valence-electron chi connectivity index (χ2n) is 1.97. The molecule has 0 rings (SSSR count). The van der Waals surface area contributed by atoms with Gasteiger partial charge in [0.05, 0.1) is 5.25 Å². The lowest BCUT2D eigenvalue weighted by Crippen LogP contribution is -2.25. The van der Waals surface area contributed by atoms with E-state index in [-0.39, 0.29) is 10.2 Å². The number of nitro groups is 1. The zero-order valence-electron chi connectivity index (χ0n) is 5.83. The van der Waals surface area contributed by atoms with E-state index in [4.69, 9.17) is 0 Å². The number of thioether (sulfide) groups is 1. The SMILES string of the molecule is CSC(C)C(C)[N+](=O)[O-]. The topological polar surface area (TPSA) is 43.1 Å². The van der Waals surface area contributed by atoms with Crippen LogP contribution in [0.15, 0.2) is 0 Å². The molecule has 0 aromatic heterocycles. The average molecular weight is 149 g/mol. The summed E-state index contributed by atoms with van der Waals surface area (Å²) in [5, 5.41) is 10.2. The lowest BCUT2D eigenvalue weighted by molar-refractivity contribution is -0.516. The largest absolute Gasteiger partial charge is 0.264 e. The molecule has 0 fully saturated rings. The summed E-state index contributed by atoms with van der Waals surface area (Å²) < 4.78 is 0. The highest BCUT2D eigenvalue weighted by Gasteiger charge is 2.20. The molecule has 2 atom stereocenters. The van der Waals surface area contributed by atoms with Crippen molar-refractivity contribution >= 4 is 11.8 Å². The van der Waals surface area contributed by atoms with E-state index in [2.05, 4.69) is 0 Å². The molecule has 0 aliphatic heterocycles. The van der Waals surface area contributed by atoms with Gasteiger partial charge in [0.25, 0.3) is 0 Å². The minimum atomic E-state index is -0.431. The van der Waals surface area contributed by atoms with E-state index in [0.29, 0.717) is 0 Å². The smallest absolute Gasteiger partial charge is 0.221 e.